The van der Waals surface area contributed by atoms with Gasteiger partial charge in [0.1, 0.15) is 0 Å². The van der Waals surface area contributed by atoms with E-state index in [4.69, 9.17) is 0 Å². The first-order valence-electron chi connectivity index (χ1n) is 7.78. The quantitative estimate of drug-likeness (QED) is 0.804. The van der Waals surface area contributed by atoms with Crippen molar-refractivity contribution < 1.29 is 4.79 Å². The van der Waals surface area contributed by atoms with Crippen LogP contribution in [0, 0.1) is 18.8 Å². The third-order valence-electron chi connectivity index (χ3n) is 4.48. The Morgan fingerprint density at radius 3 is 2.73 bits per heavy atom. The smallest absolute Gasteiger partial charge is 0.220 e. The van der Waals surface area contributed by atoms with Gasteiger partial charge in [0.2, 0.25) is 5.91 Å². The van der Waals surface area contributed by atoms with Crippen molar-refractivity contribution in [3.63, 3.8) is 0 Å². The lowest BCUT2D eigenvalue weighted by molar-refractivity contribution is -0.122. The number of hydrogen-bond acceptors (Lipinski definition) is 2. The van der Waals surface area contributed by atoms with Crippen molar-refractivity contribution in [3.8, 4) is 0 Å². The molecule has 1 unspecified atom stereocenters. The molecule has 0 bridgehead atoms. The number of carbonyl (C=O) groups excluding carboxylic acids is 1. The SMILES string of the molecule is Cc1cc(Br)ccc1CNC(=O)CC(C)C1CCNCC1.Cl. The lowest BCUT2D eigenvalue weighted by Crippen LogP contribution is -2.33. The molecule has 124 valence electrons. The van der Waals surface area contributed by atoms with Gasteiger partial charge in [-0.3, -0.25) is 4.79 Å². The molecule has 0 spiro atoms. The predicted molar refractivity (Wildman–Crippen MR) is 97.3 cm³/mol. The summed E-state index contributed by atoms with van der Waals surface area (Å²) in [6.45, 7) is 7.09. The van der Waals surface area contributed by atoms with Gasteiger partial charge in [0.05, 0.1) is 0 Å². The molecule has 2 N–H and O–H groups in total. The maximum atomic E-state index is 12.1. The van der Waals surface area contributed by atoms with Gasteiger partial charge < -0.3 is 10.6 Å². The molecule has 1 heterocycles. The van der Waals surface area contributed by atoms with Crippen LogP contribution in [0.2, 0.25) is 0 Å². The average Bonchev–Trinajstić information content (AvgIpc) is 2.47. The van der Waals surface area contributed by atoms with E-state index in [-0.39, 0.29) is 18.3 Å². The molecule has 22 heavy (non-hydrogen) atoms. The summed E-state index contributed by atoms with van der Waals surface area (Å²) in [5.41, 5.74) is 2.39. The van der Waals surface area contributed by atoms with Crippen LogP contribution in [-0.2, 0) is 11.3 Å². The fourth-order valence-electron chi connectivity index (χ4n) is 3.00. The largest absolute Gasteiger partial charge is 0.352 e. The zero-order chi connectivity index (χ0) is 15.2. The summed E-state index contributed by atoms with van der Waals surface area (Å²) < 4.78 is 1.08. The second-order valence-electron chi connectivity index (χ2n) is 6.12. The van der Waals surface area contributed by atoms with Gasteiger partial charge in [0.25, 0.3) is 0 Å². The van der Waals surface area contributed by atoms with E-state index >= 15 is 0 Å². The van der Waals surface area contributed by atoms with Crippen LogP contribution in [0.4, 0.5) is 0 Å². The molecule has 2 rings (SSSR count). The minimum absolute atomic E-state index is 0. The highest BCUT2D eigenvalue weighted by molar-refractivity contribution is 9.10. The minimum Gasteiger partial charge on any atom is -0.352 e. The number of hydrogen-bond donors (Lipinski definition) is 2. The molecular weight excluding hydrogens is 364 g/mol. The number of halogens is 2. The van der Waals surface area contributed by atoms with Crippen LogP contribution in [0.15, 0.2) is 22.7 Å². The molecule has 1 saturated heterocycles. The van der Waals surface area contributed by atoms with Gasteiger partial charge >= 0.3 is 0 Å². The van der Waals surface area contributed by atoms with E-state index in [9.17, 15) is 4.79 Å². The average molecular weight is 390 g/mol. The summed E-state index contributed by atoms with van der Waals surface area (Å²) in [7, 11) is 0. The van der Waals surface area contributed by atoms with Crippen LogP contribution in [0.1, 0.15) is 37.3 Å². The van der Waals surface area contributed by atoms with Crippen molar-refractivity contribution in [1.82, 2.24) is 10.6 Å². The molecule has 1 fully saturated rings. The summed E-state index contributed by atoms with van der Waals surface area (Å²) in [6.07, 6.45) is 3.03. The van der Waals surface area contributed by atoms with Gasteiger partial charge in [0.15, 0.2) is 0 Å². The normalized spacial score (nSPS) is 16.7. The Morgan fingerprint density at radius 1 is 1.41 bits per heavy atom. The van der Waals surface area contributed by atoms with Crippen molar-refractivity contribution in [1.29, 1.82) is 0 Å². The van der Waals surface area contributed by atoms with E-state index in [1.807, 2.05) is 6.07 Å². The van der Waals surface area contributed by atoms with E-state index in [1.54, 1.807) is 0 Å². The summed E-state index contributed by atoms with van der Waals surface area (Å²) >= 11 is 3.46. The predicted octanol–water partition coefficient (Wildman–Crippen LogP) is 3.82. The highest BCUT2D eigenvalue weighted by Gasteiger charge is 2.21. The fraction of sp³-hybridized carbons (Fsp3) is 0.588. The molecule has 1 aromatic rings. The lowest BCUT2D eigenvalue weighted by atomic mass is 9.84. The van der Waals surface area contributed by atoms with E-state index in [1.165, 1.54) is 24.0 Å². The number of rotatable bonds is 5. The van der Waals surface area contributed by atoms with Crippen molar-refractivity contribution in [2.24, 2.45) is 11.8 Å². The van der Waals surface area contributed by atoms with Crippen molar-refractivity contribution in [2.45, 2.75) is 39.7 Å². The van der Waals surface area contributed by atoms with Crippen LogP contribution >= 0.6 is 28.3 Å². The molecule has 1 aliphatic heterocycles. The second-order valence-corrected chi connectivity index (χ2v) is 7.03. The molecule has 0 radical (unpaired) electrons. The Hall–Kier alpha value is -0.580. The van der Waals surface area contributed by atoms with Crippen LogP contribution in [0.25, 0.3) is 0 Å². The third kappa shape index (κ3) is 5.90. The summed E-state index contributed by atoms with van der Waals surface area (Å²) in [5, 5.41) is 6.44. The van der Waals surface area contributed by atoms with Gasteiger partial charge in [-0.05, 0) is 68.0 Å². The van der Waals surface area contributed by atoms with Crippen LogP contribution < -0.4 is 10.6 Å². The number of aryl methyl sites for hydroxylation is 1. The maximum Gasteiger partial charge on any atom is 0.220 e. The Labute approximate surface area is 148 Å². The van der Waals surface area contributed by atoms with Gasteiger partial charge in [0, 0.05) is 17.4 Å². The summed E-state index contributed by atoms with van der Waals surface area (Å²) in [6, 6.07) is 6.17. The van der Waals surface area contributed by atoms with E-state index in [0.29, 0.717) is 24.8 Å². The molecule has 1 amide bonds. The molecular formula is C17H26BrClN2O. The molecule has 0 aliphatic carbocycles. The number of amides is 1. The first-order valence-corrected chi connectivity index (χ1v) is 8.58. The Morgan fingerprint density at radius 2 is 2.09 bits per heavy atom. The van der Waals surface area contributed by atoms with E-state index in [0.717, 1.165) is 17.6 Å². The zero-order valence-corrected chi connectivity index (χ0v) is 15.7. The highest BCUT2D eigenvalue weighted by atomic mass is 79.9. The monoisotopic (exact) mass is 388 g/mol. The number of nitrogens with one attached hydrogen (secondary N) is 2. The van der Waals surface area contributed by atoms with Crippen molar-refractivity contribution in [2.75, 3.05) is 13.1 Å². The topological polar surface area (TPSA) is 41.1 Å². The van der Waals surface area contributed by atoms with E-state index in [2.05, 4.69) is 52.5 Å². The molecule has 5 heteroatoms. The molecule has 0 aromatic heterocycles. The van der Waals surface area contributed by atoms with Gasteiger partial charge in [-0.25, -0.2) is 0 Å². The van der Waals surface area contributed by atoms with E-state index < -0.39 is 0 Å². The van der Waals surface area contributed by atoms with Crippen molar-refractivity contribution in [3.05, 3.63) is 33.8 Å². The first kappa shape index (κ1) is 19.5. The fourth-order valence-corrected chi connectivity index (χ4v) is 3.47. The van der Waals surface area contributed by atoms with Crippen LogP contribution in [-0.4, -0.2) is 19.0 Å². The van der Waals surface area contributed by atoms with Gasteiger partial charge in [-0.2, -0.15) is 0 Å². The Balaban J connectivity index is 0.00000242. The second kappa shape index (κ2) is 9.53. The standard InChI is InChI=1S/C17H25BrN2O.ClH/c1-12-9-16(18)4-3-15(12)11-20-17(21)10-13(2)14-5-7-19-8-6-14;/h3-4,9,13-14,19H,5-8,10-11H2,1-2H3,(H,20,21);1H. The molecule has 1 atom stereocenters. The third-order valence-corrected chi connectivity index (χ3v) is 4.97. The summed E-state index contributed by atoms with van der Waals surface area (Å²) in [5.74, 6) is 1.33. The number of benzene rings is 1. The highest BCUT2D eigenvalue weighted by Crippen LogP contribution is 2.24. The summed E-state index contributed by atoms with van der Waals surface area (Å²) in [4.78, 5) is 12.1. The maximum absolute atomic E-state index is 12.1. The van der Waals surface area contributed by atoms with Crippen LogP contribution in [0.3, 0.4) is 0 Å². The molecule has 1 aliphatic rings. The molecule has 1 aromatic carbocycles. The Kier molecular flexibility index (Phi) is 8.44. The van der Waals surface area contributed by atoms with Gasteiger partial charge in [-0.15, -0.1) is 12.4 Å². The lowest BCUT2D eigenvalue weighted by Gasteiger charge is -2.27. The number of piperidine rings is 1. The van der Waals surface area contributed by atoms with Crippen LogP contribution in [0.5, 0.6) is 0 Å². The minimum atomic E-state index is 0. The number of carbonyl (C=O) groups is 1. The van der Waals surface area contributed by atoms with Crippen molar-refractivity contribution >= 4 is 34.2 Å². The Bertz CT molecular complexity index is 490. The van der Waals surface area contributed by atoms with Gasteiger partial charge in [-0.1, -0.05) is 28.9 Å². The molecule has 3 nitrogen and oxygen atoms in total. The first-order chi connectivity index (χ1) is 10.1. The zero-order valence-electron chi connectivity index (χ0n) is 13.3. The molecule has 0 saturated carbocycles.